The number of fused-ring (bicyclic) bond motifs is 2. The third-order valence-electron chi connectivity index (χ3n) is 3.01. The molecule has 1 aromatic carbocycles. The topological polar surface area (TPSA) is 60.2 Å². The summed E-state index contributed by atoms with van der Waals surface area (Å²) in [7, 11) is 0. The summed E-state index contributed by atoms with van der Waals surface area (Å²) in [5, 5.41) is 0.818. The standard InChI is InChI=1S/C12H12FN3O/c13-7-1-2-8-11(5-7)15-10-3-4-17-6-9(10)12(8)16-14/h1-2,5H,3-4,6,14H2,(H,15,16). The Labute approximate surface area is 97.6 Å². The summed E-state index contributed by atoms with van der Waals surface area (Å²) in [6.45, 7) is 1.14. The minimum absolute atomic E-state index is 0.292. The Balaban J connectivity index is 2.34. The second-order valence-electron chi connectivity index (χ2n) is 4.02. The number of hydrogen-bond donors (Lipinski definition) is 2. The first kappa shape index (κ1) is 10.4. The van der Waals surface area contributed by atoms with Crippen LogP contribution in [0.1, 0.15) is 11.3 Å². The Bertz CT molecular complexity index is 585. The predicted octanol–water partition coefficient (Wildman–Crippen LogP) is 1.73. The first-order valence-corrected chi connectivity index (χ1v) is 5.45. The van der Waals surface area contributed by atoms with Crippen molar-refractivity contribution in [3.05, 3.63) is 35.3 Å². The van der Waals surface area contributed by atoms with Crippen molar-refractivity contribution in [2.24, 2.45) is 5.84 Å². The Hall–Kier alpha value is -1.72. The second-order valence-corrected chi connectivity index (χ2v) is 4.02. The Morgan fingerprint density at radius 1 is 1.41 bits per heavy atom. The van der Waals surface area contributed by atoms with Gasteiger partial charge in [0.05, 0.1) is 30.1 Å². The van der Waals surface area contributed by atoms with Crippen LogP contribution in [0.2, 0.25) is 0 Å². The van der Waals surface area contributed by atoms with Crippen LogP contribution in [0.15, 0.2) is 18.2 Å². The normalized spacial score (nSPS) is 14.7. The van der Waals surface area contributed by atoms with E-state index in [-0.39, 0.29) is 5.82 Å². The van der Waals surface area contributed by atoms with Gasteiger partial charge in [0.25, 0.3) is 0 Å². The minimum Gasteiger partial charge on any atom is -0.376 e. The molecule has 4 nitrogen and oxygen atoms in total. The molecular formula is C12H12FN3O. The van der Waals surface area contributed by atoms with Crippen molar-refractivity contribution < 1.29 is 9.13 Å². The molecule has 1 aliphatic heterocycles. The van der Waals surface area contributed by atoms with E-state index in [0.717, 1.165) is 28.8 Å². The third-order valence-corrected chi connectivity index (χ3v) is 3.01. The van der Waals surface area contributed by atoms with Crippen LogP contribution in [0, 0.1) is 5.82 Å². The zero-order chi connectivity index (χ0) is 11.8. The van der Waals surface area contributed by atoms with E-state index in [0.29, 0.717) is 18.7 Å². The number of anilines is 1. The van der Waals surface area contributed by atoms with E-state index in [9.17, 15) is 4.39 Å². The molecule has 2 heterocycles. The van der Waals surface area contributed by atoms with Gasteiger partial charge in [-0.05, 0) is 12.1 Å². The smallest absolute Gasteiger partial charge is 0.125 e. The number of hydrogen-bond acceptors (Lipinski definition) is 4. The molecule has 0 fully saturated rings. The van der Waals surface area contributed by atoms with Crippen LogP contribution in [-0.2, 0) is 17.8 Å². The number of nitrogen functional groups attached to an aromatic ring is 1. The third kappa shape index (κ3) is 1.64. The van der Waals surface area contributed by atoms with E-state index >= 15 is 0 Å². The van der Waals surface area contributed by atoms with Gasteiger partial charge in [0.2, 0.25) is 0 Å². The van der Waals surface area contributed by atoms with Crippen molar-refractivity contribution >= 4 is 16.6 Å². The number of halogens is 1. The first-order chi connectivity index (χ1) is 8.29. The highest BCUT2D eigenvalue weighted by atomic mass is 19.1. The van der Waals surface area contributed by atoms with E-state index in [1.54, 1.807) is 6.07 Å². The zero-order valence-corrected chi connectivity index (χ0v) is 9.16. The quantitative estimate of drug-likeness (QED) is 0.581. The molecule has 0 amide bonds. The van der Waals surface area contributed by atoms with Gasteiger partial charge in [0.15, 0.2) is 0 Å². The number of pyridine rings is 1. The number of benzene rings is 1. The number of rotatable bonds is 1. The van der Waals surface area contributed by atoms with Crippen molar-refractivity contribution in [2.45, 2.75) is 13.0 Å². The van der Waals surface area contributed by atoms with Crippen molar-refractivity contribution in [2.75, 3.05) is 12.0 Å². The van der Waals surface area contributed by atoms with Crippen molar-refractivity contribution in [3.8, 4) is 0 Å². The number of ether oxygens (including phenoxy) is 1. The monoisotopic (exact) mass is 233 g/mol. The summed E-state index contributed by atoms with van der Waals surface area (Å²) in [6, 6.07) is 4.51. The van der Waals surface area contributed by atoms with Gasteiger partial charge in [-0.15, -0.1) is 0 Å². The molecule has 0 bridgehead atoms. The summed E-state index contributed by atoms with van der Waals surface area (Å²) >= 11 is 0. The fourth-order valence-electron chi connectivity index (χ4n) is 2.20. The number of nitrogens with one attached hydrogen (secondary N) is 1. The molecule has 0 spiro atoms. The fraction of sp³-hybridized carbons (Fsp3) is 0.250. The number of aromatic nitrogens is 1. The summed E-state index contributed by atoms with van der Waals surface area (Å²) < 4.78 is 18.6. The Morgan fingerprint density at radius 3 is 3.12 bits per heavy atom. The fourth-order valence-corrected chi connectivity index (χ4v) is 2.20. The van der Waals surface area contributed by atoms with E-state index in [2.05, 4.69) is 10.4 Å². The van der Waals surface area contributed by atoms with Gasteiger partial charge in [-0.1, -0.05) is 0 Å². The van der Waals surface area contributed by atoms with Gasteiger partial charge in [-0.2, -0.15) is 0 Å². The average Bonchev–Trinajstić information content (AvgIpc) is 2.35. The van der Waals surface area contributed by atoms with Crippen LogP contribution < -0.4 is 11.3 Å². The summed E-state index contributed by atoms with van der Waals surface area (Å²) in [4.78, 5) is 4.47. The van der Waals surface area contributed by atoms with Gasteiger partial charge < -0.3 is 10.2 Å². The zero-order valence-electron chi connectivity index (χ0n) is 9.16. The molecule has 1 aromatic heterocycles. The molecule has 0 aliphatic carbocycles. The van der Waals surface area contributed by atoms with Gasteiger partial charge in [0.1, 0.15) is 5.82 Å². The summed E-state index contributed by atoms with van der Waals surface area (Å²) in [5.41, 5.74) is 5.98. The average molecular weight is 233 g/mol. The van der Waals surface area contributed by atoms with Crippen molar-refractivity contribution in [1.82, 2.24) is 4.98 Å². The number of nitrogens with zero attached hydrogens (tertiary/aromatic N) is 1. The van der Waals surface area contributed by atoms with Crippen LogP contribution in [0.5, 0.6) is 0 Å². The lowest BCUT2D eigenvalue weighted by Gasteiger charge is -2.20. The largest absolute Gasteiger partial charge is 0.376 e. The van der Waals surface area contributed by atoms with Gasteiger partial charge in [-0.25, -0.2) is 4.39 Å². The molecule has 0 saturated carbocycles. The van der Waals surface area contributed by atoms with Gasteiger partial charge >= 0.3 is 0 Å². The highest BCUT2D eigenvalue weighted by Gasteiger charge is 2.18. The predicted molar refractivity (Wildman–Crippen MR) is 62.9 cm³/mol. The van der Waals surface area contributed by atoms with Crippen LogP contribution in [0.25, 0.3) is 10.9 Å². The molecule has 0 radical (unpaired) electrons. The summed E-state index contributed by atoms with van der Waals surface area (Å²) in [5.74, 6) is 5.26. The highest BCUT2D eigenvalue weighted by Crippen LogP contribution is 2.31. The molecule has 3 N–H and O–H groups in total. The first-order valence-electron chi connectivity index (χ1n) is 5.45. The lowest BCUT2D eigenvalue weighted by molar-refractivity contribution is 0.110. The van der Waals surface area contributed by atoms with Crippen molar-refractivity contribution in [3.63, 3.8) is 0 Å². The van der Waals surface area contributed by atoms with Crippen LogP contribution in [-0.4, -0.2) is 11.6 Å². The molecule has 0 unspecified atom stereocenters. The van der Waals surface area contributed by atoms with E-state index in [1.165, 1.54) is 12.1 Å². The molecule has 17 heavy (non-hydrogen) atoms. The van der Waals surface area contributed by atoms with Crippen LogP contribution in [0.4, 0.5) is 10.1 Å². The number of hydrazine groups is 1. The maximum Gasteiger partial charge on any atom is 0.125 e. The maximum atomic E-state index is 13.2. The molecule has 1 aliphatic rings. The Kier molecular flexibility index (Phi) is 2.42. The lowest BCUT2D eigenvalue weighted by atomic mass is 10.0. The van der Waals surface area contributed by atoms with E-state index in [4.69, 9.17) is 10.6 Å². The van der Waals surface area contributed by atoms with E-state index < -0.39 is 0 Å². The van der Waals surface area contributed by atoms with Crippen molar-refractivity contribution in [1.29, 1.82) is 0 Å². The number of nitrogens with two attached hydrogens (primary N) is 1. The molecule has 0 atom stereocenters. The van der Waals surface area contributed by atoms with E-state index in [1.807, 2.05) is 0 Å². The lowest BCUT2D eigenvalue weighted by Crippen LogP contribution is -2.18. The molecule has 2 aromatic rings. The Morgan fingerprint density at radius 2 is 2.29 bits per heavy atom. The van der Waals surface area contributed by atoms with Crippen LogP contribution in [0.3, 0.4) is 0 Å². The minimum atomic E-state index is -0.292. The molecule has 3 rings (SSSR count). The SMILES string of the molecule is NNc1c2c(nc3cc(F)ccc13)CCOC2. The molecular weight excluding hydrogens is 221 g/mol. The highest BCUT2D eigenvalue weighted by molar-refractivity contribution is 5.93. The summed E-state index contributed by atoms with van der Waals surface area (Å²) in [6.07, 6.45) is 0.733. The molecule has 0 saturated heterocycles. The van der Waals surface area contributed by atoms with Gasteiger partial charge in [-0.3, -0.25) is 10.8 Å². The molecule has 88 valence electrons. The second kappa shape index (κ2) is 3.94. The molecule has 5 heteroatoms. The van der Waals surface area contributed by atoms with Gasteiger partial charge in [0, 0.05) is 23.4 Å². The maximum absolute atomic E-state index is 13.2. The van der Waals surface area contributed by atoms with Crippen LogP contribution >= 0.6 is 0 Å².